The van der Waals surface area contributed by atoms with Crippen molar-refractivity contribution in [3.8, 4) is 0 Å². The van der Waals surface area contributed by atoms with Crippen molar-refractivity contribution in [2.75, 3.05) is 13.1 Å². The van der Waals surface area contributed by atoms with E-state index in [0.717, 1.165) is 23.4 Å². The maximum Gasteiger partial charge on any atom is 0.251 e. The average molecular weight is 284 g/mol. The van der Waals surface area contributed by atoms with Crippen LogP contribution in [0.4, 0.5) is 8.78 Å². The molecule has 0 saturated heterocycles. The number of thiophene rings is 1. The van der Waals surface area contributed by atoms with E-state index < -0.39 is 23.0 Å². The Labute approximate surface area is 103 Å². The number of rotatable bonds is 7. The minimum Gasteiger partial charge on any atom is -0.313 e. The molecule has 8 heteroatoms. The quantitative estimate of drug-likeness (QED) is 0.796. The first kappa shape index (κ1) is 14.5. The third-order valence-corrected chi connectivity index (χ3v) is 4.81. The molecule has 0 bridgehead atoms. The van der Waals surface area contributed by atoms with Crippen LogP contribution in [0.15, 0.2) is 15.7 Å². The molecule has 1 aromatic heterocycles. The molecular weight excluding hydrogens is 270 g/mol. The molecule has 0 spiro atoms. The molecule has 0 aromatic carbocycles. The van der Waals surface area contributed by atoms with Crippen molar-refractivity contribution < 1.29 is 17.2 Å². The zero-order chi connectivity index (χ0) is 12.9. The smallest absolute Gasteiger partial charge is 0.251 e. The van der Waals surface area contributed by atoms with Crippen molar-refractivity contribution in [3.63, 3.8) is 0 Å². The predicted octanol–water partition coefficient (Wildman–Crippen LogP) is 1.40. The van der Waals surface area contributed by atoms with Gasteiger partial charge in [0.15, 0.2) is 0 Å². The number of alkyl halides is 2. The molecule has 0 atom stereocenters. The summed E-state index contributed by atoms with van der Waals surface area (Å²) in [6.45, 7) is 2.43. The minimum absolute atomic E-state index is 0.0612. The van der Waals surface area contributed by atoms with E-state index in [4.69, 9.17) is 0 Å². The Morgan fingerprint density at radius 1 is 1.47 bits per heavy atom. The highest BCUT2D eigenvalue weighted by Gasteiger charge is 2.18. The first-order valence-corrected chi connectivity index (χ1v) is 7.38. The molecule has 0 radical (unpaired) electrons. The predicted molar refractivity (Wildman–Crippen MR) is 62.9 cm³/mol. The Morgan fingerprint density at radius 2 is 2.18 bits per heavy atom. The van der Waals surface area contributed by atoms with Gasteiger partial charge in [-0.2, -0.15) is 0 Å². The lowest BCUT2D eigenvalue weighted by atomic mass is 10.3. The molecule has 0 aliphatic heterocycles. The number of hydrogen-bond donors (Lipinski definition) is 2. The van der Waals surface area contributed by atoms with Crippen molar-refractivity contribution in [2.45, 2.75) is 24.1 Å². The van der Waals surface area contributed by atoms with E-state index in [-0.39, 0.29) is 4.21 Å². The second kappa shape index (κ2) is 6.39. The fourth-order valence-electron chi connectivity index (χ4n) is 1.10. The first-order valence-electron chi connectivity index (χ1n) is 5.01. The molecule has 4 nitrogen and oxygen atoms in total. The Hall–Kier alpha value is -0.570. The largest absolute Gasteiger partial charge is 0.313 e. The van der Waals surface area contributed by atoms with Gasteiger partial charge in [-0.15, -0.1) is 11.3 Å². The number of sulfonamides is 1. The minimum atomic E-state index is -3.80. The zero-order valence-corrected chi connectivity index (χ0v) is 10.9. The summed E-state index contributed by atoms with van der Waals surface area (Å²) >= 11 is 1.02. The maximum absolute atomic E-state index is 11.9. The lowest BCUT2D eigenvalue weighted by molar-refractivity contribution is 0.153. The molecule has 1 rings (SSSR count). The number of nitrogens with one attached hydrogen (secondary N) is 2. The van der Waals surface area contributed by atoms with Crippen LogP contribution in [-0.4, -0.2) is 27.9 Å². The van der Waals surface area contributed by atoms with Crippen LogP contribution in [0, 0.1) is 0 Å². The normalized spacial score (nSPS) is 12.2. The molecule has 98 valence electrons. The number of halogens is 2. The van der Waals surface area contributed by atoms with Crippen LogP contribution in [0.1, 0.15) is 12.5 Å². The van der Waals surface area contributed by atoms with Crippen molar-refractivity contribution in [1.29, 1.82) is 0 Å². The molecule has 2 N–H and O–H groups in total. The van der Waals surface area contributed by atoms with Gasteiger partial charge in [-0.1, -0.05) is 6.92 Å². The summed E-state index contributed by atoms with van der Waals surface area (Å²) in [7, 11) is -3.80. The van der Waals surface area contributed by atoms with E-state index in [2.05, 4.69) is 5.32 Å². The molecule has 0 unspecified atom stereocenters. The van der Waals surface area contributed by atoms with Crippen LogP contribution in [-0.2, 0) is 16.6 Å². The molecule has 1 aromatic rings. The van der Waals surface area contributed by atoms with Crippen LogP contribution >= 0.6 is 11.3 Å². The molecule has 0 saturated carbocycles. The third-order valence-electron chi connectivity index (χ3n) is 1.90. The Balaban J connectivity index is 2.68. The monoisotopic (exact) mass is 284 g/mol. The zero-order valence-electron chi connectivity index (χ0n) is 9.24. The van der Waals surface area contributed by atoms with E-state index in [0.29, 0.717) is 6.54 Å². The van der Waals surface area contributed by atoms with Crippen LogP contribution in [0.5, 0.6) is 0 Å². The van der Waals surface area contributed by atoms with Gasteiger partial charge < -0.3 is 5.32 Å². The SMILES string of the molecule is CCNCc1csc(S(=O)(=O)NCC(F)F)c1. The van der Waals surface area contributed by atoms with E-state index in [1.807, 2.05) is 11.6 Å². The Morgan fingerprint density at radius 3 is 2.76 bits per heavy atom. The van der Waals surface area contributed by atoms with E-state index in [9.17, 15) is 17.2 Å². The highest BCUT2D eigenvalue weighted by molar-refractivity contribution is 7.91. The van der Waals surface area contributed by atoms with Crippen molar-refractivity contribution in [1.82, 2.24) is 10.0 Å². The van der Waals surface area contributed by atoms with Gasteiger partial charge in [-0.25, -0.2) is 21.9 Å². The second-order valence-electron chi connectivity index (χ2n) is 3.30. The Kier molecular flexibility index (Phi) is 5.44. The van der Waals surface area contributed by atoms with Crippen molar-refractivity contribution in [3.05, 3.63) is 17.0 Å². The van der Waals surface area contributed by atoms with Gasteiger partial charge in [0, 0.05) is 6.54 Å². The summed E-state index contributed by atoms with van der Waals surface area (Å²) in [5, 5.41) is 4.75. The van der Waals surface area contributed by atoms with Crippen LogP contribution in [0.25, 0.3) is 0 Å². The lowest BCUT2D eigenvalue weighted by Gasteiger charge is -2.03. The van der Waals surface area contributed by atoms with Crippen molar-refractivity contribution >= 4 is 21.4 Å². The fourth-order valence-corrected chi connectivity index (χ4v) is 3.36. The van der Waals surface area contributed by atoms with Gasteiger partial charge >= 0.3 is 0 Å². The fraction of sp³-hybridized carbons (Fsp3) is 0.556. The van der Waals surface area contributed by atoms with Crippen LogP contribution in [0.3, 0.4) is 0 Å². The summed E-state index contributed by atoms with van der Waals surface area (Å²) in [6, 6.07) is 1.49. The average Bonchev–Trinajstić information content (AvgIpc) is 2.73. The first-order chi connectivity index (χ1) is 7.95. The van der Waals surface area contributed by atoms with Crippen molar-refractivity contribution in [2.24, 2.45) is 0 Å². The molecule has 0 aliphatic rings. The lowest BCUT2D eigenvalue weighted by Crippen LogP contribution is -2.28. The number of hydrogen-bond acceptors (Lipinski definition) is 4. The maximum atomic E-state index is 11.9. The topological polar surface area (TPSA) is 58.2 Å². The Bertz CT molecular complexity index is 446. The summed E-state index contributed by atoms with van der Waals surface area (Å²) in [5.74, 6) is 0. The highest BCUT2D eigenvalue weighted by Crippen LogP contribution is 2.20. The van der Waals surface area contributed by atoms with Gasteiger partial charge in [0.1, 0.15) is 4.21 Å². The third kappa shape index (κ3) is 4.66. The van der Waals surface area contributed by atoms with Crippen LogP contribution in [0.2, 0.25) is 0 Å². The molecule has 0 fully saturated rings. The summed E-state index contributed by atoms with van der Waals surface area (Å²) in [4.78, 5) is 0. The molecular formula is C9H14F2N2O2S2. The van der Waals surface area contributed by atoms with Gasteiger partial charge in [0.2, 0.25) is 10.0 Å². The van der Waals surface area contributed by atoms with Gasteiger partial charge in [0.05, 0.1) is 6.54 Å². The molecule has 17 heavy (non-hydrogen) atoms. The van der Waals surface area contributed by atoms with Gasteiger partial charge in [0.25, 0.3) is 6.43 Å². The molecule has 1 heterocycles. The van der Waals surface area contributed by atoms with E-state index in [1.165, 1.54) is 6.07 Å². The van der Waals surface area contributed by atoms with E-state index >= 15 is 0 Å². The summed E-state index contributed by atoms with van der Waals surface area (Å²) in [6.07, 6.45) is -2.69. The van der Waals surface area contributed by atoms with Crippen LogP contribution < -0.4 is 10.0 Å². The second-order valence-corrected chi connectivity index (χ2v) is 6.20. The molecule has 0 amide bonds. The van der Waals surface area contributed by atoms with Gasteiger partial charge in [-0.05, 0) is 23.6 Å². The highest BCUT2D eigenvalue weighted by atomic mass is 32.2. The summed E-state index contributed by atoms with van der Waals surface area (Å²) in [5.41, 5.74) is 0.828. The summed E-state index contributed by atoms with van der Waals surface area (Å²) < 4.78 is 48.9. The van der Waals surface area contributed by atoms with E-state index in [1.54, 1.807) is 5.38 Å². The van der Waals surface area contributed by atoms with Gasteiger partial charge in [-0.3, -0.25) is 0 Å². The molecule has 0 aliphatic carbocycles. The standard InChI is InChI=1S/C9H14F2N2O2S2/c1-2-12-4-7-3-9(16-6-7)17(14,15)13-5-8(10)11/h3,6,8,12-13H,2,4-5H2,1H3.